The van der Waals surface area contributed by atoms with Gasteiger partial charge in [0.2, 0.25) is 11.9 Å². The highest BCUT2D eigenvalue weighted by molar-refractivity contribution is 7.99. The number of morpholine rings is 1. The van der Waals surface area contributed by atoms with Crippen LogP contribution in [-0.4, -0.2) is 70.7 Å². The Hall–Kier alpha value is -3.10. The molecule has 0 atom stereocenters. The summed E-state index contributed by atoms with van der Waals surface area (Å²) in [4.78, 5) is 17.1. The fourth-order valence-corrected chi connectivity index (χ4v) is 5.00. The number of benzene rings is 2. The monoisotopic (exact) mass is 461 g/mol. The minimum absolute atomic E-state index is 0.124. The topological polar surface area (TPSA) is 63.5 Å². The first-order chi connectivity index (χ1) is 16.3. The summed E-state index contributed by atoms with van der Waals surface area (Å²) < 4.78 is 7.54. The molecule has 2 aliphatic heterocycles. The van der Waals surface area contributed by atoms with Crippen molar-refractivity contribution in [3.05, 3.63) is 72.3 Å². The predicted molar refractivity (Wildman–Crippen MR) is 131 cm³/mol. The van der Waals surface area contributed by atoms with E-state index in [-0.39, 0.29) is 5.91 Å². The first kappa shape index (κ1) is 21.7. The maximum Gasteiger partial charge on any atom is 0.233 e. The molecule has 0 radical (unpaired) electrons. The number of rotatable bonds is 6. The summed E-state index contributed by atoms with van der Waals surface area (Å²) in [6.07, 6.45) is 3.05. The summed E-state index contributed by atoms with van der Waals surface area (Å²) in [7, 11) is 0. The van der Waals surface area contributed by atoms with Crippen LogP contribution in [0.4, 0.5) is 5.95 Å². The van der Waals surface area contributed by atoms with Gasteiger partial charge in [-0.3, -0.25) is 9.36 Å². The second-order valence-electron chi connectivity index (χ2n) is 8.03. The molecule has 8 heteroatoms. The van der Waals surface area contributed by atoms with Crippen molar-refractivity contribution in [2.24, 2.45) is 0 Å². The van der Waals surface area contributed by atoms with Gasteiger partial charge in [-0.15, -0.1) is 10.2 Å². The Balaban J connectivity index is 1.28. The molecule has 170 valence electrons. The van der Waals surface area contributed by atoms with E-state index in [1.807, 2.05) is 45.9 Å². The van der Waals surface area contributed by atoms with E-state index in [9.17, 15) is 4.79 Å². The fourth-order valence-electron chi connectivity index (χ4n) is 4.15. The number of carbonyl (C=O) groups excluding carboxylic acids is 1. The number of aromatic nitrogens is 3. The first-order valence-corrected chi connectivity index (χ1v) is 12.3. The number of carbonyl (C=O) groups is 1. The second-order valence-corrected chi connectivity index (χ2v) is 8.97. The quantitative estimate of drug-likeness (QED) is 0.524. The van der Waals surface area contributed by atoms with Gasteiger partial charge in [0.05, 0.1) is 24.7 Å². The van der Waals surface area contributed by atoms with Crippen molar-refractivity contribution in [1.82, 2.24) is 19.7 Å². The van der Waals surface area contributed by atoms with E-state index < -0.39 is 0 Å². The lowest BCUT2D eigenvalue weighted by molar-refractivity contribution is -0.127. The highest BCUT2D eigenvalue weighted by Gasteiger charge is 2.24. The summed E-state index contributed by atoms with van der Waals surface area (Å²) in [5.41, 5.74) is 3.55. The third-order valence-corrected chi connectivity index (χ3v) is 6.87. The third-order valence-electron chi connectivity index (χ3n) is 5.96. The van der Waals surface area contributed by atoms with Crippen molar-refractivity contribution in [3.8, 4) is 5.69 Å². The number of ether oxygens (including phenoxy) is 1. The molecule has 7 nitrogen and oxygen atoms in total. The Labute approximate surface area is 198 Å². The SMILES string of the molecule is O=C(CSc1nnc(N2CCOCC2)n1-c1ccccc1)N1CC=C(c2ccccc2)CC1. The van der Waals surface area contributed by atoms with Crippen molar-refractivity contribution >= 4 is 29.2 Å². The smallest absolute Gasteiger partial charge is 0.233 e. The summed E-state index contributed by atoms with van der Waals surface area (Å²) in [5.74, 6) is 1.26. The molecule has 33 heavy (non-hydrogen) atoms. The molecular weight excluding hydrogens is 434 g/mol. The average molecular weight is 462 g/mol. The Morgan fingerprint density at radius 3 is 2.36 bits per heavy atom. The molecule has 0 aliphatic carbocycles. The lowest BCUT2D eigenvalue weighted by Gasteiger charge is -2.28. The van der Waals surface area contributed by atoms with Gasteiger partial charge in [0.1, 0.15) is 0 Å². The number of anilines is 1. The molecular formula is C25H27N5O2S. The van der Waals surface area contributed by atoms with Gasteiger partial charge in [0.15, 0.2) is 5.16 Å². The van der Waals surface area contributed by atoms with Crippen LogP contribution in [0.25, 0.3) is 11.3 Å². The van der Waals surface area contributed by atoms with Gasteiger partial charge in [-0.25, -0.2) is 0 Å². The van der Waals surface area contributed by atoms with Crippen molar-refractivity contribution in [1.29, 1.82) is 0 Å². The zero-order chi connectivity index (χ0) is 22.5. The van der Waals surface area contributed by atoms with Gasteiger partial charge in [-0.2, -0.15) is 0 Å². The molecule has 2 aliphatic rings. The first-order valence-electron chi connectivity index (χ1n) is 11.3. The minimum atomic E-state index is 0.124. The zero-order valence-corrected chi connectivity index (χ0v) is 19.3. The van der Waals surface area contributed by atoms with E-state index in [1.165, 1.54) is 22.9 Å². The largest absolute Gasteiger partial charge is 0.378 e. The molecule has 1 aromatic heterocycles. The Morgan fingerprint density at radius 1 is 0.939 bits per heavy atom. The fraction of sp³-hybridized carbons (Fsp3) is 0.320. The minimum Gasteiger partial charge on any atom is -0.378 e. The molecule has 1 fully saturated rings. The second kappa shape index (κ2) is 10.2. The standard InChI is InChI=1S/C25H27N5O2S/c31-23(28-13-11-21(12-14-28)20-7-3-1-4-8-20)19-33-25-27-26-24(29-15-17-32-18-16-29)30(25)22-9-5-2-6-10-22/h1-11H,12-19H2. The Bertz CT molecular complexity index is 1110. The summed E-state index contributed by atoms with van der Waals surface area (Å²) in [6, 6.07) is 20.5. The molecule has 0 unspecified atom stereocenters. The van der Waals surface area contributed by atoms with Crippen molar-refractivity contribution in [2.45, 2.75) is 11.6 Å². The van der Waals surface area contributed by atoms with Crippen LogP contribution in [0.3, 0.4) is 0 Å². The molecule has 1 amide bonds. The van der Waals surface area contributed by atoms with E-state index in [0.29, 0.717) is 25.5 Å². The molecule has 3 aromatic rings. The van der Waals surface area contributed by atoms with Gasteiger partial charge < -0.3 is 14.5 Å². The maximum atomic E-state index is 13.0. The zero-order valence-electron chi connectivity index (χ0n) is 18.5. The number of thioether (sulfide) groups is 1. The highest BCUT2D eigenvalue weighted by Crippen LogP contribution is 2.28. The van der Waals surface area contributed by atoms with Gasteiger partial charge >= 0.3 is 0 Å². The molecule has 0 spiro atoms. The molecule has 0 N–H and O–H groups in total. The van der Waals surface area contributed by atoms with Crippen molar-refractivity contribution in [3.63, 3.8) is 0 Å². The lowest BCUT2D eigenvalue weighted by atomic mass is 10.00. The van der Waals surface area contributed by atoms with Crippen molar-refractivity contribution in [2.75, 3.05) is 50.0 Å². The van der Waals surface area contributed by atoms with Gasteiger partial charge in [0, 0.05) is 26.2 Å². The van der Waals surface area contributed by atoms with Crippen LogP contribution in [0.1, 0.15) is 12.0 Å². The lowest BCUT2D eigenvalue weighted by Crippen LogP contribution is -2.38. The number of nitrogens with zero attached hydrogens (tertiary/aromatic N) is 5. The summed E-state index contributed by atoms with van der Waals surface area (Å²) in [5, 5.41) is 9.66. The van der Waals surface area contributed by atoms with E-state index in [1.54, 1.807) is 0 Å². The molecule has 3 heterocycles. The number of hydrogen-bond acceptors (Lipinski definition) is 6. The van der Waals surface area contributed by atoms with Crippen LogP contribution in [0.2, 0.25) is 0 Å². The summed E-state index contributed by atoms with van der Waals surface area (Å²) in [6.45, 7) is 4.29. The van der Waals surface area contributed by atoms with Crippen molar-refractivity contribution < 1.29 is 9.53 Å². The van der Waals surface area contributed by atoms with Gasteiger partial charge in [-0.05, 0) is 29.7 Å². The molecule has 0 bridgehead atoms. The molecule has 5 rings (SSSR count). The maximum absolute atomic E-state index is 13.0. The highest BCUT2D eigenvalue weighted by atomic mass is 32.2. The summed E-state index contributed by atoms with van der Waals surface area (Å²) >= 11 is 1.45. The van der Waals surface area contributed by atoms with Crippen LogP contribution in [0.15, 0.2) is 71.9 Å². The van der Waals surface area contributed by atoms with Gasteiger partial charge in [-0.1, -0.05) is 66.4 Å². The molecule has 0 saturated carbocycles. The Kier molecular flexibility index (Phi) is 6.73. The third kappa shape index (κ3) is 4.96. The molecule has 2 aromatic carbocycles. The number of hydrogen-bond donors (Lipinski definition) is 0. The van der Waals surface area contributed by atoms with E-state index >= 15 is 0 Å². The number of para-hydroxylation sites is 1. The normalized spacial score (nSPS) is 16.5. The van der Waals surface area contributed by atoms with Crippen LogP contribution < -0.4 is 4.90 Å². The van der Waals surface area contributed by atoms with E-state index in [0.717, 1.165) is 42.8 Å². The van der Waals surface area contributed by atoms with E-state index in [4.69, 9.17) is 4.74 Å². The Morgan fingerprint density at radius 2 is 1.67 bits per heavy atom. The van der Waals surface area contributed by atoms with Gasteiger partial charge in [0.25, 0.3) is 0 Å². The predicted octanol–water partition coefficient (Wildman–Crippen LogP) is 3.51. The average Bonchev–Trinajstić information content (AvgIpc) is 3.33. The van der Waals surface area contributed by atoms with Crippen LogP contribution in [0.5, 0.6) is 0 Å². The number of amides is 1. The van der Waals surface area contributed by atoms with E-state index in [2.05, 4.69) is 45.4 Å². The van der Waals surface area contributed by atoms with Crippen LogP contribution in [-0.2, 0) is 9.53 Å². The van der Waals surface area contributed by atoms with Crippen LogP contribution >= 0.6 is 11.8 Å². The molecule has 1 saturated heterocycles. The van der Waals surface area contributed by atoms with Crippen LogP contribution in [0, 0.1) is 0 Å².